The molecule has 0 fully saturated rings. The predicted octanol–water partition coefficient (Wildman–Crippen LogP) is 2.99. The number of carbonyl (C=O) groups excluding carboxylic acids is 2. The average Bonchev–Trinajstić information content (AvgIpc) is 3.49. The van der Waals surface area contributed by atoms with Gasteiger partial charge in [-0.05, 0) is 45.2 Å². The fourth-order valence-electron chi connectivity index (χ4n) is 4.53. The van der Waals surface area contributed by atoms with Crippen molar-refractivity contribution in [1.29, 1.82) is 0 Å². The van der Waals surface area contributed by atoms with Crippen molar-refractivity contribution < 1.29 is 14.3 Å². The molecule has 5 rings (SSSR count). The molecule has 1 atom stereocenters. The van der Waals surface area contributed by atoms with E-state index in [9.17, 15) is 14.4 Å². The van der Waals surface area contributed by atoms with Crippen LogP contribution in [-0.2, 0) is 14.3 Å². The third kappa shape index (κ3) is 3.30. The lowest BCUT2D eigenvalue weighted by molar-refractivity contribution is -0.139. The van der Waals surface area contributed by atoms with Crippen molar-refractivity contribution in [3.8, 4) is 0 Å². The number of nitrogens with zero attached hydrogens (tertiary/aromatic N) is 3. The van der Waals surface area contributed by atoms with E-state index in [1.807, 2.05) is 55.6 Å². The van der Waals surface area contributed by atoms with Crippen LogP contribution in [0, 0.1) is 0 Å². The van der Waals surface area contributed by atoms with Crippen LogP contribution in [0.15, 0.2) is 62.8 Å². The molecule has 0 saturated heterocycles. The van der Waals surface area contributed by atoms with Gasteiger partial charge in [-0.2, -0.15) is 0 Å². The molecule has 2 aliphatic heterocycles. The fraction of sp³-hybridized carbons (Fsp3) is 0.280. The number of amides is 1. The maximum atomic E-state index is 13.9. The van der Waals surface area contributed by atoms with E-state index in [1.54, 1.807) is 18.7 Å². The van der Waals surface area contributed by atoms with Gasteiger partial charge in [-0.15, -0.1) is 11.3 Å². The lowest BCUT2D eigenvalue weighted by atomic mass is 10.0. The van der Waals surface area contributed by atoms with Gasteiger partial charge in [0.2, 0.25) is 0 Å². The van der Waals surface area contributed by atoms with Gasteiger partial charge >= 0.3 is 5.97 Å². The van der Waals surface area contributed by atoms with Crippen LogP contribution < -0.4 is 19.8 Å². The molecule has 4 heterocycles. The number of ether oxygens (including phenoxy) is 1. The lowest BCUT2D eigenvalue weighted by Crippen LogP contribution is -2.41. The Labute approximate surface area is 203 Å². The SMILES string of the molecule is CCOC(=O)C1=C(C)N=c2s/c(=C3/C(=O)N(C(C)C)c4ccccc43)c(=O)n2C1c1cccs1. The maximum Gasteiger partial charge on any atom is 0.338 e. The molecule has 1 aromatic carbocycles. The number of aromatic nitrogens is 1. The summed E-state index contributed by atoms with van der Waals surface area (Å²) in [5, 5.41) is 1.91. The van der Waals surface area contributed by atoms with E-state index in [0.717, 1.165) is 16.1 Å². The number of anilines is 1. The molecular formula is C25H23N3O4S2. The van der Waals surface area contributed by atoms with E-state index >= 15 is 0 Å². The number of thiazole rings is 1. The van der Waals surface area contributed by atoms with Crippen LogP contribution in [0.3, 0.4) is 0 Å². The number of rotatable bonds is 4. The molecular weight excluding hydrogens is 470 g/mol. The molecule has 0 radical (unpaired) electrons. The summed E-state index contributed by atoms with van der Waals surface area (Å²) in [4.78, 5) is 48.0. The molecule has 2 aliphatic rings. The molecule has 0 N–H and O–H groups in total. The first kappa shape index (κ1) is 22.5. The number of thiophene rings is 1. The number of hydrogen-bond acceptors (Lipinski definition) is 7. The first-order chi connectivity index (χ1) is 16.3. The van der Waals surface area contributed by atoms with Gasteiger partial charge in [-0.1, -0.05) is 35.6 Å². The number of carbonyl (C=O) groups is 2. The van der Waals surface area contributed by atoms with Gasteiger partial charge in [-0.25, -0.2) is 9.79 Å². The van der Waals surface area contributed by atoms with Gasteiger partial charge in [0.05, 0.1) is 29.1 Å². The number of esters is 1. The van der Waals surface area contributed by atoms with E-state index in [2.05, 4.69) is 4.99 Å². The molecule has 0 aliphatic carbocycles. The Balaban J connectivity index is 1.82. The summed E-state index contributed by atoms with van der Waals surface area (Å²) in [7, 11) is 0. The van der Waals surface area contributed by atoms with Crippen molar-refractivity contribution in [1.82, 2.24) is 4.57 Å². The second-order valence-electron chi connectivity index (χ2n) is 8.30. The summed E-state index contributed by atoms with van der Waals surface area (Å²) in [6.45, 7) is 7.62. The van der Waals surface area contributed by atoms with Crippen LogP contribution in [0.2, 0.25) is 0 Å². The largest absolute Gasteiger partial charge is 0.463 e. The zero-order valence-electron chi connectivity index (χ0n) is 19.2. The highest BCUT2D eigenvalue weighted by atomic mass is 32.1. The highest BCUT2D eigenvalue weighted by Crippen LogP contribution is 2.37. The van der Waals surface area contributed by atoms with Crippen LogP contribution in [-0.4, -0.2) is 29.1 Å². The molecule has 7 nitrogen and oxygen atoms in total. The zero-order chi connectivity index (χ0) is 24.1. The Morgan fingerprint density at radius 1 is 1.18 bits per heavy atom. The molecule has 1 amide bonds. The number of para-hydroxylation sites is 1. The molecule has 9 heteroatoms. The molecule has 2 aromatic heterocycles. The second-order valence-corrected chi connectivity index (χ2v) is 10.3. The fourth-order valence-corrected chi connectivity index (χ4v) is 6.49. The van der Waals surface area contributed by atoms with E-state index in [0.29, 0.717) is 26.2 Å². The molecule has 0 saturated carbocycles. The molecule has 0 bridgehead atoms. The van der Waals surface area contributed by atoms with E-state index in [4.69, 9.17) is 4.74 Å². The minimum atomic E-state index is -0.655. The van der Waals surface area contributed by atoms with Gasteiger partial charge in [-0.3, -0.25) is 14.2 Å². The lowest BCUT2D eigenvalue weighted by Gasteiger charge is -2.23. The maximum absolute atomic E-state index is 13.9. The quantitative estimate of drug-likeness (QED) is 0.524. The standard InChI is InChI=1S/C25H23N3O4S2/c1-5-32-24(31)18-14(4)26-25-28(20(18)17-11-8-12-33-17)23(30)21(34-25)19-15-9-6-7-10-16(15)27(13(2)3)22(19)29/h6-13,20H,5H2,1-4H3/b21-19+. The zero-order valence-corrected chi connectivity index (χ0v) is 20.8. The average molecular weight is 494 g/mol. The van der Waals surface area contributed by atoms with Crippen molar-refractivity contribution in [2.45, 2.75) is 39.8 Å². The van der Waals surface area contributed by atoms with E-state index in [-0.39, 0.29) is 24.1 Å². The number of benzene rings is 1. The van der Waals surface area contributed by atoms with Crippen molar-refractivity contribution in [2.75, 3.05) is 11.5 Å². The van der Waals surface area contributed by atoms with Crippen molar-refractivity contribution >= 4 is 45.8 Å². The van der Waals surface area contributed by atoms with Gasteiger partial charge < -0.3 is 9.64 Å². The molecule has 174 valence electrons. The first-order valence-corrected chi connectivity index (χ1v) is 12.7. The predicted molar refractivity (Wildman–Crippen MR) is 133 cm³/mol. The number of hydrogen-bond donors (Lipinski definition) is 0. The first-order valence-electron chi connectivity index (χ1n) is 11.0. The third-order valence-electron chi connectivity index (χ3n) is 5.91. The Hall–Kier alpha value is -3.30. The van der Waals surface area contributed by atoms with E-state index in [1.165, 1.54) is 27.2 Å². The van der Waals surface area contributed by atoms with Gasteiger partial charge in [0, 0.05) is 16.5 Å². The summed E-state index contributed by atoms with van der Waals surface area (Å²) >= 11 is 2.65. The normalized spacial score (nSPS) is 18.8. The Morgan fingerprint density at radius 3 is 2.62 bits per heavy atom. The van der Waals surface area contributed by atoms with Crippen molar-refractivity contribution in [3.05, 3.63) is 83.2 Å². The molecule has 34 heavy (non-hydrogen) atoms. The van der Waals surface area contributed by atoms with Crippen LogP contribution >= 0.6 is 22.7 Å². The van der Waals surface area contributed by atoms with Crippen LogP contribution in [0.5, 0.6) is 0 Å². The summed E-state index contributed by atoms with van der Waals surface area (Å²) in [6.07, 6.45) is 0. The minimum Gasteiger partial charge on any atom is -0.463 e. The van der Waals surface area contributed by atoms with Crippen molar-refractivity contribution in [3.63, 3.8) is 0 Å². The smallest absolute Gasteiger partial charge is 0.338 e. The van der Waals surface area contributed by atoms with Gasteiger partial charge in [0.1, 0.15) is 10.6 Å². The summed E-state index contributed by atoms with van der Waals surface area (Å²) in [6, 6.07) is 10.6. The molecule has 1 unspecified atom stereocenters. The van der Waals surface area contributed by atoms with Gasteiger partial charge in [0.15, 0.2) is 4.80 Å². The number of fused-ring (bicyclic) bond motifs is 2. The van der Waals surface area contributed by atoms with Crippen molar-refractivity contribution in [2.24, 2.45) is 4.99 Å². The summed E-state index contributed by atoms with van der Waals surface area (Å²) in [5.74, 6) is -0.691. The third-order valence-corrected chi connectivity index (χ3v) is 7.89. The highest BCUT2D eigenvalue weighted by molar-refractivity contribution is 7.10. The van der Waals surface area contributed by atoms with Crippen LogP contribution in [0.25, 0.3) is 5.57 Å². The highest BCUT2D eigenvalue weighted by Gasteiger charge is 2.38. The second kappa shape index (κ2) is 8.48. The summed E-state index contributed by atoms with van der Waals surface area (Å²) in [5.41, 5.74) is 2.44. The topological polar surface area (TPSA) is 81.0 Å². The summed E-state index contributed by atoms with van der Waals surface area (Å²) < 4.78 is 7.18. The van der Waals surface area contributed by atoms with E-state index < -0.39 is 12.0 Å². The Morgan fingerprint density at radius 2 is 1.94 bits per heavy atom. The molecule has 0 spiro atoms. The minimum absolute atomic E-state index is 0.0635. The Bertz CT molecular complexity index is 1530. The van der Waals surface area contributed by atoms with Crippen LogP contribution in [0.1, 0.15) is 44.2 Å². The molecule has 3 aromatic rings. The Kier molecular flexibility index (Phi) is 5.61. The number of allylic oxidation sites excluding steroid dienone is 1. The van der Waals surface area contributed by atoms with Crippen LogP contribution in [0.4, 0.5) is 5.69 Å². The van der Waals surface area contributed by atoms with Gasteiger partial charge in [0.25, 0.3) is 11.5 Å². The monoisotopic (exact) mass is 493 g/mol.